The number of halogens is 1. The number of sulfonamides is 1. The zero-order valence-electron chi connectivity index (χ0n) is 23.1. The van der Waals surface area contributed by atoms with Crippen LogP contribution in [0.3, 0.4) is 0 Å². The second kappa shape index (κ2) is 11.8. The smallest absolute Gasteiger partial charge is 0.270 e. The van der Waals surface area contributed by atoms with Crippen LogP contribution in [0, 0.1) is 10.1 Å². The number of hydrogen-bond acceptors (Lipinski definition) is 6. The van der Waals surface area contributed by atoms with Gasteiger partial charge in [-0.05, 0) is 49.6 Å². The minimum absolute atomic E-state index is 0.00517. The molecule has 220 valence electrons. The molecule has 1 atom stereocenters. The van der Waals surface area contributed by atoms with Crippen LogP contribution >= 0.6 is 11.6 Å². The monoisotopic (exact) mass is 609 g/mol. The third-order valence-electron chi connectivity index (χ3n) is 8.10. The van der Waals surface area contributed by atoms with Gasteiger partial charge in [-0.1, -0.05) is 55.1 Å². The van der Waals surface area contributed by atoms with Crippen LogP contribution in [0.5, 0.6) is 0 Å². The predicted molar refractivity (Wildman–Crippen MR) is 161 cm³/mol. The van der Waals surface area contributed by atoms with Crippen LogP contribution in [-0.2, 0) is 26.7 Å². The summed E-state index contributed by atoms with van der Waals surface area (Å²) < 4.78 is 30.0. The van der Waals surface area contributed by atoms with Gasteiger partial charge < -0.3 is 10.3 Å². The van der Waals surface area contributed by atoms with Crippen molar-refractivity contribution in [2.24, 2.45) is 0 Å². The summed E-state index contributed by atoms with van der Waals surface area (Å²) in [4.78, 5) is 32.1. The molecule has 1 fully saturated rings. The number of benzene rings is 2. The lowest BCUT2D eigenvalue weighted by Gasteiger charge is -2.38. The number of para-hydroxylation sites is 1. The molecule has 1 amide bonds. The molecular formula is C30H32ClN5O5S. The van der Waals surface area contributed by atoms with E-state index in [0.29, 0.717) is 0 Å². The van der Waals surface area contributed by atoms with Crippen molar-refractivity contribution in [3.05, 3.63) is 99.5 Å². The number of H-pyrrole nitrogens is 1. The highest BCUT2D eigenvalue weighted by molar-refractivity contribution is 7.89. The SMILES string of the molecule is C[C@@](Cc1c[nH]c2ccccc12)(NS(=O)(=O)c1cc([N+](=O)[O-])ccc1Cl)C(=O)NCC1(c2ccccn2)CCCCC1. The van der Waals surface area contributed by atoms with Gasteiger partial charge in [-0.15, -0.1) is 0 Å². The quantitative estimate of drug-likeness (QED) is 0.161. The van der Waals surface area contributed by atoms with Crippen LogP contribution < -0.4 is 10.0 Å². The second-order valence-electron chi connectivity index (χ2n) is 11.1. The molecule has 2 aromatic heterocycles. The lowest BCUT2D eigenvalue weighted by molar-refractivity contribution is -0.385. The number of rotatable bonds is 10. The number of nitro benzene ring substituents is 1. The Bertz CT molecular complexity index is 1720. The molecule has 42 heavy (non-hydrogen) atoms. The topological polar surface area (TPSA) is 147 Å². The standard InChI is InChI=1S/C30H32ClN5O5S/c1-29(18-21-19-33-25-10-4-3-9-23(21)25,35-42(40,41)26-17-22(36(38)39)12-13-24(26)31)28(37)34-20-30(14-6-2-7-15-30)27-11-5-8-16-32-27/h3-5,8-13,16-17,19,33,35H,2,6-7,14-15,18,20H2,1H3,(H,34,37)/t29-/m0/s1. The molecule has 0 aliphatic heterocycles. The number of nitro groups is 1. The molecular weight excluding hydrogens is 578 g/mol. The van der Waals surface area contributed by atoms with E-state index in [1.165, 1.54) is 6.92 Å². The lowest BCUT2D eigenvalue weighted by atomic mass is 9.71. The van der Waals surface area contributed by atoms with Gasteiger partial charge in [-0.2, -0.15) is 4.72 Å². The number of carbonyl (C=O) groups is 1. The molecule has 0 unspecified atom stereocenters. The van der Waals surface area contributed by atoms with Gasteiger partial charge in [0, 0.05) is 59.5 Å². The van der Waals surface area contributed by atoms with Crippen molar-refractivity contribution >= 4 is 44.1 Å². The summed E-state index contributed by atoms with van der Waals surface area (Å²) in [5.74, 6) is -0.529. The van der Waals surface area contributed by atoms with Gasteiger partial charge in [0.25, 0.3) is 5.69 Å². The molecule has 10 nitrogen and oxygen atoms in total. The first-order chi connectivity index (χ1) is 20.0. The molecule has 2 heterocycles. The summed E-state index contributed by atoms with van der Waals surface area (Å²) in [6.45, 7) is 1.80. The zero-order valence-corrected chi connectivity index (χ0v) is 24.7. The Kier molecular flexibility index (Phi) is 8.36. The molecule has 0 spiro atoms. The predicted octanol–water partition coefficient (Wildman–Crippen LogP) is 5.42. The van der Waals surface area contributed by atoms with Crippen LogP contribution in [0.1, 0.15) is 50.3 Å². The van der Waals surface area contributed by atoms with Crippen LogP contribution in [0.15, 0.2) is 78.0 Å². The number of pyridine rings is 1. The fourth-order valence-corrected chi connectivity index (χ4v) is 7.75. The van der Waals surface area contributed by atoms with Gasteiger partial charge in [0.05, 0.1) is 9.95 Å². The average Bonchev–Trinajstić information content (AvgIpc) is 3.38. The molecule has 5 rings (SSSR count). The summed E-state index contributed by atoms with van der Waals surface area (Å²) in [5, 5.41) is 15.1. The van der Waals surface area contributed by atoms with E-state index in [0.717, 1.165) is 72.5 Å². The number of aromatic amines is 1. The van der Waals surface area contributed by atoms with E-state index in [2.05, 4.69) is 20.0 Å². The van der Waals surface area contributed by atoms with Gasteiger partial charge in [0.1, 0.15) is 10.4 Å². The van der Waals surface area contributed by atoms with Crippen LogP contribution in [-0.4, -0.2) is 41.3 Å². The summed E-state index contributed by atoms with van der Waals surface area (Å²) in [7, 11) is -4.49. The number of fused-ring (bicyclic) bond motifs is 1. The highest BCUT2D eigenvalue weighted by atomic mass is 35.5. The van der Waals surface area contributed by atoms with Crippen LogP contribution in [0.25, 0.3) is 10.9 Å². The van der Waals surface area contributed by atoms with Crippen molar-refractivity contribution in [3.63, 3.8) is 0 Å². The first-order valence-electron chi connectivity index (χ1n) is 13.8. The highest BCUT2D eigenvalue weighted by Gasteiger charge is 2.42. The largest absolute Gasteiger partial charge is 0.361 e. The van der Waals surface area contributed by atoms with Crippen molar-refractivity contribution in [1.29, 1.82) is 0 Å². The van der Waals surface area contributed by atoms with Crippen molar-refractivity contribution in [3.8, 4) is 0 Å². The minimum atomic E-state index is -4.49. The fraction of sp³-hybridized carbons (Fsp3) is 0.333. The Balaban J connectivity index is 1.50. The molecule has 3 N–H and O–H groups in total. The maximum Gasteiger partial charge on any atom is 0.270 e. The number of aromatic nitrogens is 2. The fourth-order valence-electron chi connectivity index (χ4n) is 5.86. The van der Waals surface area contributed by atoms with Gasteiger partial charge in [-0.3, -0.25) is 19.9 Å². The average molecular weight is 610 g/mol. The van der Waals surface area contributed by atoms with E-state index in [4.69, 9.17) is 11.6 Å². The maximum absolute atomic E-state index is 14.1. The van der Waals surface area contributed by atoms with Crippen molar-refractivity contribution in [2.75, 3.05) is 6.54 Å². The van der Waals surface area contributed by atoms with E-state index in [1.54, 1.807) is 12.4 Å². The first-order valence-corrected chi connectivity index (χ1v) is 15.6. The summed E-state index contributed by atoms with van der Waals surface area (Å²) in [6, 6.07) is 16.5. The molecule has 1 aliphatic carbocycles. The van der Waals surface area contributed by atoms with Gasteiger partial charge in [0.2, 0.25) is 15.9 Å². The summed E-state index contributed by atoms with van der Waals surface area (Å²) in [6.07, 6.45) is 8.29. The molecule has 0 bridgehead atoms. The number of carbonyl (C=O) groups excluding carboxylic acids is 1. The zero-order chi connectivity index (χ0) is 30.0. The summed E-state index contributed by atoms with van der Waals surface area (Å²) in [5.41, 5.74) is -0.0228. The highest BCUT2D eigenvalue weighted by Crippen LogP contribution is 2.38. The van der Waals surface area contributed by atoms with Crippen molar-refractivity contribution in [2.45, 2.75) is 61.3 Å². The number of nitrogens with zero attached hydrogens (tertiary/aromatic N) is 2. The number of non-ortho nitro benzene ring substituents is 1. The molecule has 0 radical (unpaired) electrons. The molecule has 0 saturated heterocycles. The Morgan fingerprint density at radius 1 is 1.12 bits per heavy atom. The van der Waals surface area contributed by atoms with E-state index >= 15 is 0 Å². The lowest BCUT2D eigenvalue weighted by Crippen LogP contribution is -2.59. The molecule has 12 heteroatoms. The van der Waals surface area contributed by atoms with E-state index in [9.17, 15) is 23.3 Å². The summed E-state index contributed by atoms with van der Waals surface area (Å²) >= 11 is 6.21. The molecule has 2 aromatic carbocycles. The number of hydrogen-bond donors (Lipinski definition) is 3. The third-order valence-corrected chi connectivity index (χ3v) is 10.2. The van der Waals surface area contributed by atoms with Crippen LogP contribution in [0.4, 0.5) is 5.69 Å². The van der Waals surface area contributed by atoms with Crippen LogP contribution in [0.2, 0.25) is 5.02 Å². The van der Waals surface area contributed by atoms with E-state index in [1.807, 2.05) is 42.5 Å². The Morgan fingerprint density at radius 3 is 2.57 bits per heavy atom. The van der Waals surface area contributed by atoms with E-state index < -0.39 is 37.0 Å². The molecule has 1 aliphatic rings. The first kappa shape index (κ1) is 29.7. The third kappa shape index (κ3) is 6.04. The molecule has 1 saturated carbocycles. The van der Waals surface area contributed by atoms with Gasteiger partial charge >= 0.3 is 0 Å². The van der Waals surface area contributed by atoms with E-state index in [-0.39, 0.29) is 23.4 Å². The van der Waals surface area contributed by atoms with Crippen molar-refractivity contribution < 1.29 is 18.1 Å². The Labute approximate surface area is 249 Å². The van der Waals surface area contributed by atoms with Gasteiger partial charge in [-0.25, -0.2) is 8.42 Å². The van der Waals surface area contributed by atoms with Crippen molar-refractivity contribution in [1.82, 2.24) is 20.0 Å². The minimum Gasteiger partial charge on any atom is -0.361 e. The normalized spacial score (nSPS) is 16.5. The Morgan fingerprint density at radius 2 is 1.86 bits per heavy atom. The van der Waals surface area contributed by atoms with Gasteiger partial charge in [0.15, 0.2) is 0 Å². The maximum atomic E-state index is 14.1. The molecule has 4 aromatic rings. The number of nitrogens with one attached hydrogen (secondary N) is 3. The second-order valence-corrected chi connectivity index (χ2v) is 13.1. The Hall–Kier alpha value is -3.80. The number of amides is 1.